The Kier molecular flexibility index (Phi) is 47.5. The smallest absolute Gasteiger partial charge is 0.323 e. The molecule has 0 aromatic rings. The van der Waals surface area contributed by atoms with Crippen LogP contribution in [0.25, 0.3) is 0 Å². The maximum atomic E-state index is 12.6. The van der Waals surface area contributed by atoms with Gasteiger partial charge in [0, 0.05) is 111 Å². The number of carbonyl (C=O) groups is 17. The fraction of sp³-hybridized carbons (Fsp3) is 0.746. The van der Waals surface area contributed by atoms with Crippen molar-refractivity contribution in [3.63, 3.8) is 0 Å². The molecule has 14 atom stereocenters. The number of aliphatic hydroxyl groups excluding tert-OH is 7. The number of amides is 9. The molecular formula is C67H109N9O33. The minimum Gasteiger partial charge on any atom is -0.480 e. The third-order valence-corrected chi connectivity index (χ3v) is 16.5. The van der Waals surface area contributed by atoms with Crippen LogP contribution in [0.15, 0.2) is 0 Å². The van der Waals surface area contributed by atoms with Crippen LogP contribution in [0.3, 0.4) is 0 Å². The van der Waals surface area contributed by atoms with Gasteiger partial charge in [0.2, 0.25) is 53.2 Å². The van der Waals surface area contributed by atoms with E-state index in [1.807, 2.05) is 0 Å². The zero-order chi connectivity index (χ0) is 81.3. The molecule has 5 unspecified atom stereocenters. The second-order valence-corrected chi connectivity index (χ2v) is 25.4. The number of hydrogen-bond donors (Lipinski definition) is 16. The van der Waals surface area contributed by atoms with Gasteiger partial charge >= 0.3 is 17.9 Å². The predicted molar refractivity (Wildman–Crippen MR) is 370 cm³/mol. The van der Waals surface area contributed by atoms with E-state index >= 15 is 0 Å². The molecule has 0 spiro atoms. The highest BCUT2D eigenvalue weighted by Crippen LogP contribution is 2.34. The summed E-state index contributed by atoms with van der Waals surface area (Å²) in [6.45, 7) is 0.870. The number of ketones is 5. The predicted octanol–water partition coefficient (Wildman–Crippen LogP) is -6.65. The van der Waals surface area contributed by atoms with Gasteiger partial charge in [-0.15, -0.1) is 0 Å². The molecule has 3 heterocycles. The molecule has 42 nitrogen and oxygen atoms in total. The highest BCUT2D eigenvalue weighted by molar-refractivity contribution is 5.95. The number of carboxylic acids is 3. The van der Waals surface area contributed by atoms with E-state index in [-0.39, 0.29) is 109 Å². The van der Waals surface area contributed by atoms with Crippen LogP contribution in [0.1, 0.15) is 145 Å². The maximum Gasteiger partial charge on any atom is 0.323 e. The van der Waals surface area contributed by atoms with E-state index in [1.165, 1.54) is 13.8 Å². The van der Waals surface area contributed by atoms with Crippen molar-refractivity contribution >= 4 is 100.0 Å². The largest absolute Gasteiger partial charge is 0.480 e. The van der Waals surface area contributed by atoms with Crippen LogP contribution < -0.4 is 31.9 Å². The number of unbranched alkanes of at least 4 members (excludes halogenated alkanes) is 2. The van der Waals surface area contributed by atoms with Gasteiger partial charge in [0.25, 0.3) is 0 Å². The van der Waals surface area contributed by atoms with Crippen LogP contribution in [-0.2, 0) is 110 Å². The number of aliphatic hydroxyl groups is 7. The second kappa shape index (κ2) is 52.6. The lowest BCUT2D eigenvalue weighted by molar-refractivity contribution is -0.375. The number of ether oxygens (including phenoxy) is 6. The summed E-state index contributed by atoms with van der Waals surface area (Å²) in [4.78, 5) is 204. The van der Waals surface area contributed by atoms with Crippen LogP contribution in [0, 0.1) is 0 Å². The van der Waals surface area contributed by atoms with E-state index in [9.17, 15) is 117 Å². The van der Waals surface area contributed by atoms with Gasteiger partial charge in [0.15, 0.2) is 42.0 Å². The Morgan fingerprint density at radius 2 is 0.862 bits per heavy atom. The Labute approximate surface area is 628 Å². The number of rotatable bonds is 50. The SMILES string of the molecule is C.CCN(CC(=O)O)C(=O)CCC(=O)CNC(=O)CCCCC(=O)CCCCO[C@@H]1OC(CO)[C@H](O)C(O[C@H]2OC(CO)[C@H](O)C(O)[C@@H]2NC(C)=O)[C@@H]1O[C@H]1C[C@@H](O)[C@H](O)C(C)O1.CCNC(=O)CCC(=O)CNC(=O)CN(CC(=O)O)C(=O)CCC(=O)CNC(=O)CN(CC(=O)O)C(=O)CCC(=O)CNC(C)=O. The summed E-state index contributed by atoms with van der Waals surface area (Å²) in [5.41, 5.74) is 0. The van der Waals surface area contributed by atoms with Crippen molar-refractivity contribution in [3.8, 4) is 0 Å². The molecule has 3 aliphatic heterocycles. The zero-order valence-electron chi connectivity index (χ0n) is 61.0. The topological polar surface area (TPSA) is 630 Å². The van der Waals surface area contributed by atoms with E-state index in [4.69, 9.17) is 43.7 Å². The molecular weight excluding hydrogens is 1460 g/mol. The summed E-state index contributed by atoms with van der Waals surface area (Å²) in [5.74, 6) is -11.9. The number of hydrogen-bond acceptors (Lipinski definition) is 30. The van der Waals surface area contributed by atoms with Gasteiger partial charge in [-0.05, 0) is 46.5 Å². The third-order valence-electron chi connectivity index (χ3n) is 16.5. The molecule has 42 heteroatoms. The lowest BCUT2D eigenvalue weighted by atomic mass is 9.95. The van der Waals surface area contributed by atoms with Crippen molar-refractivity contribution < 1.29 is 161 Å². The maximum absolute atomic E-state index is 12.6. The lowest BCUT2D eigenvalue weighted by Crippen LogP contribution is -2.68. The number of carboxylic acid groups (broad SMARTS) is 3. The normalized spacial score (nSPS) is 22.7. The quantitative estimate of drug-likeness (QED) is 0.0252. The van der Waals surface area contributed by atoms with Crippen LogP contribution in [-0.4, -0.2) is 344 Å². The second-order valence-electron chi connectivity index (χ2n) is 25.4. The van der Waals surface area contributed by atoms with E-state index in [2.05, 4.69) is 31.9 Å². The minimum atomic E-state index is -1.70. The number of carbonyl (C=O) groups excluding carboxylic acids is 14. The van der Waals surface area contributed by atoms with Gasteiger partial charge in [-0.2, -0.15) is 0 Å². The summed E-state index contributed by atoms with van der Waals surface area (Å²) in [6, 6.07) is -1.41. The van der Waals surface area contributed by atoms with E-state index in [0.29, 0.717) is 42.0 Å². The Morgan fingerprint density at radius 3 is 1.32 bits per heavy atom. The molecule has 3 aliphatic rings. The molecule has 3 rings (SSSR count). The monoisotopic (exact) mass is 1570 g/mol. The van der Waals surface area contributed by atoms with Gasteiger partial charge in [-0.3, -0.25) is 81.5 Å². The highest BCUT2D eigenvalue weighted by Gasteiger charge is 2.54. The molecule has 0 saturated carbocycles. The molecule has 0 aromatic carbocycles. The fourth-order valence-corrected chi connectivity index (χ4v) is 10.7. The van der Waals surface area contributed by atoms with Crippen molar-refractivity contribution in [2.45, 2.75) is 231 Å². The first-order valence-electron chi connectivity index (χ1n) is 35.1. The molecule has 9 amide bonds. The van der Waals surface area contributed by atoms with Crippen LogP contribution in [0.2, 0.25) is 0 Å². The minimum absolute atomic E-state index is 0. The van der Waals surface area contributed by atoms with Crippen molar-refractivity contribution in [3.05, 3.63) is 0 Å². The Hall–Kier alpha value is -8.53. The number of Topliss-reactive ketones (excluding diaryl/α,β-unsaturated/α-hetero) is 5. The van der Waals surface area contributed by atoms with Crippen LogP contribution in [0.4, 0.5) is 0 Å². The molecule has 0 aliphatic carbocycles. The molecule has 16 N–H and O–H groups in total. The lowest BCUT2D eigenvalue weighted by Gasteiger charge is -2.49. The molecule has 0 aromatic heterocycles. The summed E-state index contributed by atoms with van der Waals surface area (Å²) in [6.07, 6.45) is -18.8. The van der Waals surface area contributed by atoms with E-state index in [1.54, 1.807) is 13.8 Å². The Balaban J connectivity index is 0.00000113. The fourth-order valence-electron chi connectivity index (χ4n) is 10.7. The van der Waals surface area contributed by atoms with Gasteiger partial charge in [0.05, 0.1) is 51.6 Å². The summed E-state index contributed by atoms with van der Waals surface area (Å²) >= 11 is 0. The van der Waals surface area contributed by atoms with Crippen LogP contribution in [0.5, 0.6) is 0 Å². The van der Waals surface area contributed by atoms with Gasteiger partial charge < -0.3 is 126 Å². The van der Waals surface area contributed by atoms with E-state index in [0.717, 1.165) is 11.8 Å². The van der Waals surface area contributed by atoms with E-state index < -0.39 is 247 Å². The number of likely N-dealkylation sites (N-methyl/N-ethyl adjacent to an activating group) is 1. The first kappa shape index (κ1) is 98.5. The van der Waals surface area contributed by atoms with Crippen molar-refractivity contribution in [1.82, 2.24) is 46.6 Å². The molecule has 620 valence electrons. The first-order valence-corrected chi connectivity index (χ1v) is 35.1. The number of nitrogens with zero attached hydrogens (tertiary/aromatic N) is 3. The zero-order valence-corrected chi connectivity index (χ0v) is 61.0. The van der Waals surface area contributed by atoms with Gasteiger partial charge in [0.1, 0.15) is 93.4 Å². The number of nitrogens with one attached hydrogen (secondary N) is 6. The summed E-state index contributed by atoms with van der Waals surface area (Å²) < 4.78 is 35.6. The summed E-state index contributed by atoms with van der Waals surface area (Å²) in [5, 5.41) is 114. The molecule has 3 fully saturated rings. The first-order chi connectivity index (χ1) is 50.9. The van der Waals surface area contributed by atoms with Crippen molar-refractivity contribution in [2.75, 3.05) is 91.8 Å². The average Bonchev–Trinajstić information content (AvgIpc) is 0.774. The molecule has 109 heavy (non-hydrogen) atoms. The molecule has 3 saturated heterocycles. The van der Waals surface area contributed by atoms with Crippen LogP contribution >= 0.6 is 0 Å². The van der Waals surface area contributed by atoms with Gasteiger partial charge in [-0.1, -0.05) is 7.43 Å². The Bertz CT molecular complexity index is 3020. The standard InChI is InChI=1S/C39H65N3O20.C27H40N6O13.CH4/c1-4-42(17-29(51)52)28(50)13-12-23(47)16-40-27(49)11-6-5-9-22(46)10-7-8-14-57-39-37(61-30-15-24(48)32(53)20(2)58-30)36(34(55)26(19-44)60-39)62-38-31(41-21(3)45)35(56)33(54)25(18-43)59-38;1-3-28-21(38)7-4-18(35)11-30-22(39)13-33(16-27(45)46)25(42)9-6-20(37)12-31-23(40)14-32(15-26(43)44)24(41)8-5-19(36)10-29-17(2)34;/h20,24-26,30-39,43-44,48,53-56H,4-19H2,1-3H3,(H,40,49)(H,41,45)(H,51,52);3-16H2,1-2H3,(H,28,38)(H,29,34)(H,30,39)(H,31,40)(H,43,44)(H,45,46);1H4/t20?,24-,25?,26?,30+,31+,32-,33+,34+,35?,36?,37+,38-,39-;;/m1../s1. The third kappa shape index (κ3) is 39.1. The molecule has 0 bridgehead atoms. The van der Waals surface area contributed by atoms with Gasteiger partial charge in [-0.25, -0.2) is 0 Å². The average molecular weight is 1570 g/mol. The van der Waals surface area contributed by atoms with Crippen molar-refractivity contribution in [2.24, 2.45) is 0 Å². The van der Waals surface area contributed by atoms with Crippen molar-refractivity contribution in [1.29, 1.82) is 0 Å². The summed E-state index contributed by atoms with van der Waals surface area (Å²) in [7, 11) is 0. The number of aliphatic carboxylic acids is 3. The molecule has 0 radical (unpaired) electrons. The highest BCUT2D eigenvalue weighted by atomic mass is 16.8. The Morgan fingerprint density at radius 1 is 0.431 bits per heavy atom.